The number of hydrogen-bond acceptors (Lipinski definition) is 6. The lowest BCUT2D eigenvalue weighted by Crippen LogP contribution is -2.44. The molecule has 154 valence electrons. The van der Waals surface area contributed by atoms with Gasteiger partial charge in [-0.25, -0.2) is 0 Å². The molecular formula is C17H34NO7S+. The summed E-state index contributed by atoms with van der Waals surface area (Å²) in [5.74, 6) is -1.39. The van der Waals surface area contributed by atoms with E-state index in [1.165, 1.54) is 0 Å². The summed E-state index contributed by atoms with van der Waals surface area (Å²) >= 11 is 0. The summed E-state index contributed by atoms with van der Waals surface area (Å²) in [4.78, 5) is 24.0. The van der Waals surface area contributed by atoms with Gasteiger partial charge in [-0.05, 0) is 27.2 Å². The van der Waals surface area contributed by atoms with Gasteiger partial charge in [0.15, 0.2) is 0 Å². The fraction of sp³-hybridized carbons (Fsp3) is 0.882. The van der Waals surface area contributed by atoms with Crippen LogP contribution < -0.4 is 0 Å². The molecule has 0 heterocycles. The van der Waals surface area contributed by atoms with Crippen molar-refractivity contribution < 1.29 is 36.5 Å². The Morgan fingerprint density at radius 1 is 1.15 bits per heavy atom. The van der Waals surface area contributed by atoms with Gasteiger partial charge in [0, 0.05) is 6.42 Å². The average molecular weight is 397 g/mol. The fourth-order valence-corrected chi connectivity index (χ4v) is 3.08. The molecule has 9 heteroatoms. The number of hydrogen-bond donors (Lipinski definition) is 1. The molecule has 0 aromatic rings. The van der Waals surface area contributed by atoms with E-state index in [-0.39, 0.29) is 24.3 Å². The van der Waals surface area contributed by atoms with E-state index in [0.717, 1.165) is 0 Å². The summed E-state index contributed by atoms with van der Waals surface area (Å²) in [5.41, 5.74) is -0.811. The van der Waals surface area contributed by atoms with E-state index in [9.17, 15) is 18.0 Å². The van der Waals surface area contributed by atoms with Crippen molar-refractivity contribution in [2.75, 3.05) is 46.2 Å². The maximum absolute atomic E-state index is 12.3. The molecule has 0 rings (SSSR count). The van der Waals surface area contributed by atoms with E-state index in [0.29, 0.717) is 37.0 Å². The van der Waals surface area contributed by atoms with Crippen LogP contribution in [0.2, 0.25) is 0 Å². The highest BCUT2D eigenvalue weighted by Gasteiger charge is 2.34. The Morgan fingerprint density at radius 3 is 2.23 bits per heavy atom. The Balaban J connectivity index is 4.39. The number of rotatable bonds is 12. The lowest BCUT2D eigenvalue weighted by atomic mass is 9.83. The molecule has 0 saturated carbocycles. The highest BCUT2D eigenvalue weighted by atomic mass is 32.2. The van der Waals surface area contributed by atoms with Gasteiger partial charge in [-0.3, -0.25) is 14.1 Å². The van der Waals surface area contributed by atoms with Gasteiger partial charge in [-0.15, -0.1) is 0 Å². The Morgan fingerprint density at radius 2 is 1.73 bits per heavy atom. The second-order valence-corrected chi connectivity index (χ2v) is 9.47. The highest BCUT2D eigenvalue weighted by Crippen LogP contribution is 2.27. The minimum absolute atomic E-state index is 0.189. The third kappa shape index (κ3) is 10.7. The third-order valence-corrected chi connectivity index (χ3v) is 4.96. The average Bonchev–Trinajstić information content (AvgIpc) is 2.44. The van der Waals surface area contributed by atoms with Crippen LogP contribution in [0.5, 0.6) is 0 Å². The van der Waals surface area contributed by atoms with E-state index in [2.05, 4.69) is 0 Å². The molecule has 26 heavy (non-hydrogen) atoms. The van der Waals surface area contributed by atoms with Crippen molar-refractivity contribution in [3.63, 3.8) is 0 Å². The van der Waals surface area contributed by atoms with Gasteiger partial charge in [0.1, 0.15) is 13.2 Å². The van der Waals surface area contributed by atoms with Crippen molar-refractivity contribution >= 4 is 22.1 Å². The molecule has 1 unspecified atom stereocenters. The van der Waals surface area contributed by atoms with Crippen molar-refractivity contribution in [1.82, 2.24) is 0 Å². The molecule has 1 atom stereocenters. The maximum atomic E-state index is 12.3. The molecular weight excluding hydrogens is 362 g/mol. The van der Waals surface area contributed by atoms with Crippen LogP contribution in [0.15, 0.2) is 0 Å². The van der Waals surface area contributed by atoms with Gasteiger partial charge in [-0.1, -0.05) is 6.92 Å². The smallest absolute Gasteiger partial charge is 0.311 e. The number of quaternary nitrogens is 1. The minimum Gasteiger partial charge on any atom is -0.466 e. The van der Waals surface area contributed by atoms with Gasteiger partial charge in [0.05, 0.1) is 44.3 Å². The van der Waals surface area contributed by atoms with Gasteiger partial charge in [0.25, 0.3) is 10.1 Å². The molecule has 0 radical (unpaired) electrons. The van der Waals surface area contributed by atoms with Gasteiger partial charge in [-0.2, -0.15) is 8.42 Å². The largest absolute Gasteiger partial charge is 0.466 e. The first kappa shape index (κ1) is 24.8. The van der Waals surface area contributed by atoms with Gasteiger partial charge < -0.3 is 14.0 Å². The molecule has 0 saturated heterocycles. The maximum Gasteiger partial charge on any atom is 0.311 e. The summed E-state index contributed by atoms with van der Waals surface area (Å²) in [6.07, 6.45) is 0.652. The van der Waals surface area contributed by atoms with E-state index in [1.54, 1.807) is 27.7 Å². The quantitative estimate of drug-likeness (QED) is 0.303. The van der Waals surface area contributed by atoms with Crippen molar-refractivity contribution in [2.24, 2.45) is 11.3 Å². The SMILES string of the molecule is CCOC(=O)C(C)CC(C)(C)C(=O)OCC[N+](C)(C)CCCS(=O)(=O)O. The molecule has 0 aromatic heterocycles. The van der Waals surface area contributed by atoms with Crippen molar-refractivity contribution in [2.45, 2.75) is 40.5 Å². The molecule has 0 aliphatic rings. The lowest BCUT2D eigenvalue weighted by molar-refractivity contribution is -0.890. The normalized spacial score (nSPS) is 14.0. The van der Waals surface area contributed by atoms with Crippen molar-refractivity contribution in [1.29, 1.82) is 0 Å². The zero-order valence-electron chi connectivity index (χ0n) is 16.8. The van der Waals surface area contributed by atoms with Crippen LogP contribution in [-0.4, -0.2) is 75.5 Å². The third-order valence-electron chi connectivity index (χ3n) is 4.15. The first-order valence-electron chi connectivity index (χ1n) is 8.81. The van der Waals surface area contributed by atoms with Crippen LogP contribution in [0.25, 0.3) is 0 Å². The zero-order chi connectivity index (χ0) is 20.6. The highest BCUT2D eigenvalue weighted by molar-refractivity contribution is 7.85. The number of likely N-dealkylation sites (N-methyl/N-ethyl adjacent to an activating group) is 1. The summed E-state index contributed by atoms with van der Waals surface area (Å²) in [6, 6.07) is 0. The Kier molecular flexibility index (Phi) is 9.76. The fourth-order valence-electron chi connectivity index (χ4n) is 2.58. The summed E-state index contributed by atoms with van der Waals surface area (Å²) in [5, 5.41) is 0. The zero-order valence-corrected chi connectivity index (χ0v) is 17.6. The first-order valence-corrected chi connectivity index (χ1v) is 10.4. The van der Waals surface area contributed by atoms with E-state index in [1.807, 2.05) is 14.1 Å². The number of esters is 2. The van der Waals surface area contributed by atoms with Crippen LogP contribution in [0.1, 0.15) is 40.5 Å². The van der Waals surface area contributed by atoms with E-state index in [4.69, 9.17) is 14.0 Å². The summed E-state index contributed by atoms with van der Waals surface area (Å²) < 4.78 is 41.0. The molecule has 0 fully saturated rings. The van der Waals surface area contributed by atoms with Crippen LogP contribution in [-0.2, 0) is 29.2 Å². The van der Waals surface area contributed by atoms with Crippen molar-refractivity contribution in [3.05, 3.63) is 0 Å². The monoisotopic (exact) mass is 396 g/mol. The minimum atomic E-state index is -3.96. The number of carbonyl (C=O) groups is 2. The summed E-state index contributed by atoms with van der Waals surface area (Å²) in [7, 11) is -0.167. The molecule has 0 bridgehead atoms. The number of ether oxygens (including phenoxy) is 2. The lowest BCUT2D eigenvalue weighted by Gasteiger charge is -2.30. The Bertz CT molecular complexity index is 570. The van der Waals surface area contributed by atoms with Crippen LogP contribution in [0, 0.1) is 11.3 Å². The number of nitrogens with zero attached hydrogens (tertiary/aromatic N) is 1. The van der Waals surface area contributed by atoms with E-state index < -0.39 is 21.5 Å². The molecule has 0 amide bonds. The molecule has 8 nitrogen and oxygen atoms in total. The number of carbonyl (C=O) groups excluding carboxylic acids is 2. The Hall–Kier alpha value is -1.19. The van der Waals surface area contributed by atoms with Gasteiger partial charge in [0.2, 0.25) is 0 Å². The second kappa shape index (κ2) is 10.2. The predicted molar refractivity (Wildman–Crippen MR) is 98.0 cm³/mol. The Labute approximate surface area is 157 Å². The second-order valence-electron chi connectivity index (χ2n) is 7.90. The summed E-state index contributed by atoms with van der Waals surface area (Å²) in [6.45, 7) is 8.46. The first-order chi connectivity index (χ1) is 11.7. The van der Waals surface area contributed by atoms with Gasteiger partial charge >= 0.3 is 11.9 Å². The van der Waals surface area contributed by atoms with Crippen LogP contribution in [0.4, 0.5) is 0 Å². The van der Waals surface area contributed by atoms with E-state index >= 15 is 0 Å². The topological polar surface area (TPSA) is 107 Å². The molecule has 0 spiro atoms. The molecule has 0 aromatic carbocycles. The predicted octanol–water partition coefficient (Wildman–Crippen LogP) is 1.50. The molecule has 1 N–H and O–H groups in total. The van der Waals surface area contributed by atoms with Crippen LogP contribution in [0.3, 0.4) is 0 Å². The van der Waals surface area contributed by atoms with Crippen molar-refractivity contribution in [3.8, 4) is 0 Å². The standard InChI is InChI=1S/C17H33NO7S/c1-7-24-15(19)14(2)13-17(3,4)16(20)25-11-10-18(5,6)9-8-12-26(21,22)23/h14H,7-13H2,1-6H3/p+1. The van der Waals surface area contributed by atoms with Crippen LogP contribution >= 0.6 is 0 Å². The molecule has 0 aliphatic heterocycles. The molecule has 0 aliphatic carbocycles.